The summed E-state index contributed by atoms with van der Waals surface area (Å²) in [5.74, 6) is 0.129. The molecule has 1 aromatic heterocycles. The summed E-state index contributed by atoms with van der Waals surface area (Å²) >= 11 is 0. The number of nitrogens with one attached hydrogen (secondary N) is 1. The SMILES string of the molecule is CC(=O)Oc1c2c(c3ccccc3c1OC(=O)c1cc[nH+]cc1)OC(C)(C)CC2.[Cl-]. The Morgan fingerprint density at radius 1 is 1.00 bits per heavy atom. The van der Waals surface area contributed by atoms with Gasteiger partial charge in [-0.1, -0.05) is 24.3 Å². The molecule has 0 fully saturated rings. The minimum atomic E-state index is -0.533. The van der Waals surface area contributed by atoms with Crippen molar-refractivity contribution in [3.05, 3.63) is 59.9 Å². The zero-order valence-electron chi connectivity index (χ0n) is 17.0. The van der Waals surface area contributed by atoms with E-state index in [1.807, 2.05) is 38.1 Å². The highest BCUT2D eigenvalue weighted by atomic mass is 35.5. The topological polar surface area (TPSA) is 76.0 Å². The smallest absolute Gasteiger partial charge is 0.344 e. The van der Waals surface area contributed by atoms with Gasteiger partial charge in [0.25, 0.3) is 0 Å². The number of carbonyl (C=O) groups is 2. The summed E-state index contributed by atoms with van der Waals surface area (Å²) in [5.41, 5.74) is 0.779. The summed E-state index contributed by atoms with van der Waals surface area (Å²) in [7, 11) is 0. The van der Waals surface area contributed by atoms with E-state index in [-0.39, 0.29) is 29.5 Å². The molecular formula is C23H22ClNO5. The van der Waals surface area contributed by atoms with Gasteiger partial charge in [0, 0.05) is 35.4 Å². The lowest BCUT2D eigenvalue weighted by Crippen LogP contribution is -3.00. The van der Waals surface area contributed by atoms with Gasteiger partial charge in [0.1, 0.15) is 11.4 Å². The molecule has 0 bridgehead atoms. The second-order valence-electron chi connectivity index (χ2n) is 7.65. The average Bonchev–Trinajstić information content (AvgIpc) is 2.70. The number of halogens is 1. The molecule has 1 N–H and O–H groups in total. The Morgan fingerprint density at radius 2 is 1.67 bits per heavy atom. The zero-order chi connectivity index (χ0) is 20.6. The molecule has 1 aliphatic heterocycles. The molecule has 0 atom stereocenters. The predicted octanol–water partition coefficient (Wildman–Crippen LogP) is 0.906. The van der Waals surface area contributed by atoms with Crippen LogP contribution in [0.4, 0.5) is 0 Å². The van der Waals surface area contributed by atoms with Crippen LogP contribution >= 0.6 is 0 Å². The lowest BCUT2D eigenvalue weighted by molar-refractivity contribution is -0.378. The molecule has 0 saturated heterocycles. The normalized spacial score (nSPS) is 14.1. The van der Waals surface area contributed by atoms with Gasteiger partial charge >= 0.3 is 11.9 Å². The molecule has 0 spiro atoms. The first-order chi connectivity index (χ1) is 13.9. The van der Waals surface area contributed by atoms with Crippen LogP contribution in [0.25, 0.3) is 10.8 Å². The molecule has 30 heavy (non-hydrogen) atoms. The van der Waals surface area contributed by atoms with Crippen molar-refractivity contribution in [2.45, 2.75) is 39.2 Å². The first-order valence-electron chi connectivity index (χ1n) is 9.49. The Bertz CT molecular complexity index is 1110. The van der Waals surface area contributed by atoms with E-state index in [1.165, 1.54) is 6.92 Å². The number of pyridine rings is 1. The van der Waals surface area contributed by atoms with Crippen molar-refractivity contribution >= 4 is 22.7 Å². The minimum Gasteiger partial charge on any atom is -1.00 e. The van der Waals surface area contributed by atoms with Crippen molar-refractivity contribution in [3.63, 3.8) is 0 Å². The fourth-order valence-corrected chi connectivity index (χ4v) is 3.53. The number of rotatable bonds is 3. The van der Waals surface area contributed by atoms with Gasteiger partial charge in [0.2, 0.25) is 0 Å². The Hall–Kier alpha value is -3.12. The second kappa shape index (κ2) is 8.32. The number of esters is 2. The van der Waals surface area contributed by atoms with Gasteiger partial charge in [-0.25, -0.2) is 9.78 Å². The van der Waals surface area contributed by atoms with Gasteiger partial charge < -0.3 is 26.6 Å². The van der Waals surface area contributed by atoms with Crippen molar-refractivity contribution in [3.8, 4) is 17.2 Å². The quantitative estimate of drug-likeness (QED) is 0.458. The van der Waals surface area contributed by atoms with Crippen LogP contribution in [0.2, 0.25) is 0 Å². The Kier molecular flexibility index (Phi) is 5.99. The van der Waals surface area contributed by atoms with Gasteiger partial charge in [-0.2, -0.15) is 0 Å². The fourth-order valence-electron chi connectivity index (χ4n) is 3.53. The summed E-state index contributed by atoms with van der Waals surface area (Å²) in [6.45, 7) is 5.38. The highest BCUT2D eigenvalue weighted by Crippen LogP contribution is 2.50. The third-order valence-corrected chi connectivity index (χ3v) is 4.92. The molecule has 6 nitrogen and oxygen atoms in total. The third kappa shape index (κ3) is 4.09. The van der Waals surface area contributed by atoms with Crippen LogP contribution in [0.5, 0.6) is 17.2 Å². The first kappa shape index (κ1) is 21.6. The first-order valence-corrected chi connectivity index (χ1v) is 9.49. The number of aromatic amines is 1. The van der Waals surface area contributed by atoms with E-state index in [0.717, 1.165) is 17.4 Å². The summed E-state index contributed by atoms with van der Waals surface area (Å²) in [6.07, 6.45) is 4.67. The molecule has 0 aliphatic carbocycles. The standard InChI is InChI=1S/C23H21NO5.ClH/c1-14(25)27-21-18-8-11-23(2,3)29-19(18)16-6-4-5-7-17(16)20(21)28-22(26)15-9-12-24-13-10-15;/h4-7,9-10,12-13H,8,11H2,1-3H3;1H. The average molecular weight is 428 g/mol. The number of fused-ring (bicyclic) bond motifs is 3. The Morgan fingerprint density at radius 3 is 2.33 bits per heavy atom. The Balaban J connectivity index is 0.00000256. The van der Waals surface area contributed by atoms with Crippen molar-refractivity contribution in [2.75, 3.05) is 0 Å². The number of H-pyrrole nitrogens is 1. The molecule has 7 heteroatoms. The van der Waals surface area contributed by atoms with Crippen LogP contribution < -0.4 is 31.6 Å². The molecule has 156 valence electrons. The molecule has 0 amide bonds. The van der Waals surface area contributed by atoms with E-state index in [1.54, 1.807) is 24.5 Å². The van der Waals surface area contributed by atoms with Gasteiger partial charge in [-0.15, -0.1) is 0 Å². The molecule has 0 unspecified atom stereocenters. The van der Waals surface area contributed by atoms with E-state index >= 15 is 0 Å². The molecular weight excluding hydrogens is 406 g/mol. The van der Waals surface area contributed by atoms with Crippen LogP contribution in [-0.4, -0.2) is 17.5 Å². The van der Waals surface area contributed by atoms with E-state index < -0.39 is 11.9 Å². The van der Waals surface area contributed by atoms with Crippen LogP contribution in [-0.2, 0) is 11.2 Å². The number of hydrogen-bond acceptors (Lipinski definition) is 5. The maximum atomic E-state index is 12.8. The second-order valence-corrected chi connectivity index (χ2v) is 7.65. The maximum absolute atomic E-state index is 12.8. The fraction of sp³-hybridized carbons (Fsp3) is 0.261. The molecule has 3 aromatic rings. The number of ether oxygens (including phenoxy) is 3. The van der Waals surface area contributed by atoms with Crippen LogP contribution in [0, 0.1) is 0 Å². The van der Waals surface area contributed by atoms with E-state index in [0.29, 0.717) is 23.1 Å². The zero-order valence-corrected chi connectivity index (χ0v) is 17.7. The van der Waals surface area contributed by atoms with Crippen LogP contribution in [0.1, 0.15) is 43.1 Å². The number of hydrogen-bond donors (Lipinski definition) is 0. The molecule has 2 aromatic carbocycles. The van der Waals surface area contributed by atoms with Crippen molar-refractivity contribution in [1.29, 1.82) is 0 Å². The largest absolute Gasteiger partial charge is 1.00 e. The van der Waals surface area contributed by atoms with Gasteiger partial charge in [-0.3, -0.25) is 4.79 Å². The van der Waals surface area contributed by atoms with Gasteiger partial charge in [-0.05, 0) is 26.7 Å². The lowest BCUT2D eigenvalue weighted by Gasteiger charge is -2.34. The van der Waals surface area contributed by atoms with Crippen molar-refractivity contribution < 1.29 is 41.2 Å². The summed E-state index contributed by atoms with van der Waals surface area (Å²) < 4.78 is 17.6. The van der Waals surface area contributed by atoms with Gasteiger partial charge in [0.15, 0.2) is 23.9 Å². The van der Waals surface area contributed by atoms with Crippen molar-refractivity contribution in [2.24, 2.45) is 0 Å². The monoisotopic (exact) mass is 427 g/mol. The van der Waals surface area contributed by atoms with Crippen LogP contribution in [0.15, 0.2) is 48.8 Å². The Labute approximate surface area is 180 Å². The molecule has 0 radical (unpaired) electrons. The number of carbonyl (C=O) groups excluding carboxylic acids is 2. The van der Waals surface area contributed by atoms with E-state index in [9.17, 15) is 9.59 Å². The highest BCUT2D eigenvalue weighted by Gasteiger charge is 2.34. The minimum absolute atomic E-state index is 0. The molecule has 1 aliphatic rings. The summed E-state index contributed by atoms with van der Waals surface area (Å²) in [5, 5.41) is 1.46. The summed E-state index contributed by atoms with van der Waals surface area (Å²) in [6, 6.07) is 10.7. The molecule has 2 heterocycles. The molecule has 0 saturated carbocycles. The van der Waals surface area contributed by atoms with Crippen molar-refractivity contribution in [1.82, 2.24) is 0 Å². The summed E-state index contributed by atoms with van der Waals surface area (Å²) in [4.78, 5) is 27.5. The van der Waals surface area contributed by atoms with E-state index in [2.05, 4.69) is 4.98 Å². The van der Waals surface area contributed by atoms with E-state index in [4.69, 9.17) is 14.2 Å². The van der Waals surface area contributed by atoms with Crippen LogP contribution in [0.3, 0.4) is 0 Å². The molecule has 4 rings (SSSR count). The highest BCUT2D eigenvalue weighted by molar-refractivity contribution is 6.01. The van der Waals surface area contributed by atoms with Gasteiger partial charge in [0.05, 0.1) is 5.56 Å². The lowest BCUT2D eigenvalue weighted by atomic mass is 9.91. The number of aromatic nitrogens is 1. The predicted molar refractivity (Wildman–Crippen MR) is 106 cm³/mol. The maximum Gasteiger partial charge on any atom is 0.344 e. The third-order valence-electron chi connectivity index (χ3n) is 4.92. The number of benzene rings is 2.